The van der Waals surface area contributed by atoms with Gasteiger partial charge in [0.1, 0.15) is 0 Å². The molecule has 1 aromatic heterocycles. The van der Waals surface area contributed by atoms with E-state index in [4.69, 9.17) is 5.73 Å². The zero-order chi connectivity index (χ0) is 7.84. The van der Waals surface area contributed by atoms with Gasteiger partial charge in [0.05, 0.1) is 5.69 Å². The zero-order valence-corrected chi connectivity index (χ0v) is 8.86. The standard InChI is InChI=1S/C8H9BrN2.ClH/c9-6-3-5-1-2-7(10)8(5)11-4-6;/h3-4,7H,1-2,10H2;1H. The Morgan fingerprint density at radius 3 is 3.08 bits per heavy atom. The van der Waals surface area contributed by atoms with E-state index in [1.165, 1.54) is 5.56 Å². The lowest BCUT2D eigenvalue weighted by molar-refractivity contribution is 0.697. The van der Waals surface area contributed by atoms with Crippen molar-refractivity contribution >= 4 is 28.3 Å². The average molecular weight is 250 g/mol. The Hall–Kier alpha value is -0.120. The summed E-state index contributed by atoms with van der Waals surface area (Å²) < 4.78 is 1.05. The summed E-state index contributed by atoms with van der Waals surface area (Å²) in [7, 11) is 0. The van der Waals surface area contributed by atoms with Crippen molar-refractivity contribution < 1.29 is 0 Å². The van der Waals surface area contributed by atoms with Crippen LogP contribution in [0.1, 0.15) is 23.7 Å². The van der Waals surface area contributed by atoms with Gasteiger partial charge < -0.3 is 5.73 Å². The molecule has 2 N–H and O–H groups in total. The van der Waals surface area contributed by atoms with Gasteiger partial charge in [0, 0.05) is 16.7 Å². The summed E-state index contributed by atoms with van der Waals surface area (Å²) in [6, 6.07) is 2.27. The first-order chi connectivity index (χ1) is 5.27. The Labute approximate surface area is 86.1 Å². The zero-order valence-electron chi connectivity index (χ0n) is 6.46. The van der Waals surface area contributed by atoms with Crippen molar-refractivity contribution in [2.75, 3.05) is 0 Å². The summed E-state index contributed by atoms with van der Waals surface area (Å²) in [6.45, 7) is 0. The van der Waals surface area contributed by atoms with Crippen LogP contribution < -0.4 is 5.73 Å². The maximum Gasteiger partial charge on any atom is 0.0603 e. The maximum absolute atomic E-state index is 5.82. The van der Waals surface area contributed by atoms with Gasteiger partial charge >= 0.3 is 0 Å². The van der Waals surface area contributed by atoms with E-state index < -0.39 is 0 Å². The molecule has 0 spiro atoms. The van der Waals surface area contributed by atoms with Gasteiger partial charge in [0.2, 0.25) is 0 Å². The van der Waals surface area contributed by atoms with E-state index in [1.54, 1.807) is 0 Å². The number of nitrogens with two attached hydrogens (primary N) is 1. The van der Waals surface area contributed by atoms with Crippen molar-refractivity contribution in [1.82, 2.24) is 4.98 Å². The van der Waals surface area contributed by atoms with Crippen LogP contribution in [0.15, 0.2) is 16.7 Å². The number of pyridine rings is 1. The number of nitrogens with zero attached hydrogens (tertiary/aromatic N) is 1. The highest BCUT2D eigenvalue weighted by Gasteiger charge is 2.19. The smallest absolute Gasteiger partial charge is 0.0603 e. The van der Waals surface area contributed by atoms with Crippen LogP contribution >= 0.6 is 28.3 Å². The third kappa shape index (κ3) is 1.63. The van der Waals surface area contributed by atoms with E-state index in [0.29, 0.717) is 0 Å². The van der Waals surface area contributed by atoms with E-state index >= 15 is 0 Å². The fourth-order valence-electron chi connectivity index (χ4n) is 1.47. The molecule has 4 heteroatoms. The van der Waals surface area contributed by atoms with Crippen LogP contribution in [-0.4, -0.2) is 4.98 Å². The fourth-order valence-corrected chi connectivity index (χ4v) is 1.85. The van der Waals surface area contributed by atoms with Crippen LogP contribution in [0, 0.1) is 0 Å². The number of hydrogen-bond donors (Lipinski definition) is 1. The van der Waals surface area contributed by atoms with Gasteiger partial charge in [0.15, 0.2) is 0 Å². The largest absolute Gasteiger partial charge is 0.323 e. The summed E-state index contributed by atoms with van der Waals surface area (Å²) >= 11 is 3.38. The second kappa shape index (κ2) is 3.73. The van der Waals surface area contributed by atoms with Crippen molar-refractivity contribution in [2.24, 2.45) is 5.73 Å². The van der Waals surface area contributed by atoms with Crippen LogP contribution in [0.25, 0.3) is 0 Å². The highest BCUT2D eigenvalue weighted by molar-refractivity contribution is 9.10. The average Bonchev–Trinajstić information content (AvgIpc) is 2.32. The molecule has 0 fully saturated rings. The van der Waals surface area contributed by atoms with E-state index in [0.717, 1.165) is 23.0 Å². The fraction of sp³-hybridized carbons (Fsp3) is 0.375. The molecule has 1 aromatic rings. The van der Waals surface area contributed by atoms with Crippen LogP contribution in [-0.2, 0) is 6.42 Å². The highest BCUT2D eigenvalue weighted by atomic mass is 79.9. The molecule has 1 aliphatic carbocycles. The van der Waals surface area contributed by atoms with Crippen LogP contribution in [0.4, 0.5) is 0 Å². The first kappa shape index (κ1) is 9.96. The Balaban J connectivity index is 0.000000720. The third-order valence-corrected chi connectivity index (χ3v) is 2.48. The van der Waals surface area contributed by atoms with Gasteiger partial charge in [-0.2, -0.15) is 0 Å². The number of aryl methyl sites for hydroxylation is 1. The molecule has 0 radical (unpaired) electrons. The molecule has 0 aromatic carbocycles. The molecule has 2 nitrogen and oxygen atoms in total. The molecule has 1 aliphatic rings. The molecule has 2 rings (SSSR count). The van der Waals surface area contributed by atoms with Crippen molar-refractivity contribution in [3.8, 4) is 0 Å². The maximum atomic E-state index is 5.82. The molecular formula is C8H10BrClN2. The predicted molar refractivity (Wildman–Crippen MR) is 54.4 cm³/mol. The van der Waals surface area contributed by atoms with E-state index in [-0.39, 0.29) is 18.4 Å². The highest BCUT2D eigenvalue weighted by Crippen LogP contribution is 2.28. The molecule has 0 saturated carbocycles. The van der Waals surface area contributed by atoms with Gasteiger partial charge in [-0.3, -0.25) is 4.98 Å². The van der Waals surface area contributed by atoms with Gasteiger partial charge in [-0.05, 0) is 40.4 Å². The number of halogens is 2. The second-order valence-electron chi connectivity index (χ2n) is 2.84. The van der Waals surface area contributed by atoms with Crippen molar-refractivity contribution in [1.29, 1.82) is 0 Å². The topological polar surface area (TPSA) is 38.9 Å². The van der Waals surface area contributed by atoms with Gasteiger partial charge in [-0.1, -0.05) is 0 Å². The molecule has 0 bridgehead atoms. The lowest BCUT2D eigenvalue weighted by Gasteiger charge is -2.01. The minimum absolute atomic E-state index is 0. The molecule has 0 saturated heterocycles. The summed E-state index contributed by atoms with van der Waals surface area (Å²) in [5, 5.41) is 0. The first-order valence-corrected chi connectivity index (χ1v) is 4.46. The number of fused-ring (bicyclic) bond motifs is 1. The van der Waals surface area contributed by atoms with Crippen molar-refractivity contribution in [2.45, 2.75) is 18.9 Å². The Morgan fingerprint density at radius 1 is 1.58 bits per heavy atom. The monoisotopic (exact) mass is 248 g/mol. The molecule has 66 valence electrons. The van der Waals surface area contributed by atoms with Crippen molar-refractivity contribution in [3.63, 3.8) is 0 Å². The number of rotatable bonds is 0. The summed E-state index contributed by atoms with van der Waals surface area (Å²) in [5.74, 6) is 0. The minimum Gasteiger partial charge on any atom is -0.323 e. The molecule has 1 heterocycles. The van der Waals surface area contributed by atoms with Gasteiger partial charge in [-0.15, -0.1) is 12.4 Å². The van der Waals surface area contributed by atoms with Gasteiger partial charge in [0.25, 0.3) is 0 Å². The molecule has 12 heavy (non-hydrogen) atoms. The number of hydrogen-bond acceptors (Lipinski definition) is 2. The van der Waals surface area contributed by atoms with Crippen molar-refractivity contribution in [3.05, 3.63) is 28.0 Å². The molecular weight excluding hydrogens is 239 g/mol. The summed E-state index contributed by atoms with van der Waals surface area (Å²) in [5.41, 5.74) is 8.19. The molecule has 0 aliphatic heterocycles. The molecule has 0 amide bonds. The lowest BCUT2D eigenvalue weighted by Crippen LogP contribution is -2.06. The van der Waals surface area contributed by atoms with E-state index in [1.807, 2.05) is 6.20 Å². The normalized spacial score (nSPS) is 20.0. The summed E-state index contributed by atoms with van der Waals surface area (Å²) in [6.07, 6.45) is 3.92. The predicted octanol–water partition coefficient (Wildman–Crippen LogP) is 2.21. The third-order valence-electron chi connectivity index (χ3n) is 2.04. The minimum atomic E-state index is 0. The van der Waals surface area contributed by atoms with E-state index in [2.05, 4.69) is 27.0 Å². The number of aromatic nitrogens is 1. The molecule has 1 atom stereocenters. The van der Waals surface area contributed by atoms with Gasteiger partial charge in [-0.25, -0.2) is 0 Å². The Kier molecular flexibility index (Phi) is 3.09. The molecule has 1 unspecified atom stereocenters. The Bertz CT molecular complexity index is 290. The lowest BCUT2D eigenvalue weighted by atomic mass is 10.2. The first-order valence-electron chi connectivity index (χ1n) is 3.67. The van der Waals surface area contributed by atoms with Crippen LogP contribution in [0.5, 0.6) is 0 Å². The quantitative estimate of drug-likeness (QED) is 0.766. The SMILES string of the molecule is Cl.NC1CCc2cc(Br)cnc21. The second-order valence-corrected chi connectivity index (χ2v) is 3.76. The van der Waals surface area contributed by atoms with E-state index in [9.17, 15) is 0 Å². The summed E-state index contributed by atoms with van der Waals surface area (Å²) in [4.78, 5) is 4.27. The van der Waals surface area contributed by atoms with Crippen LogP contribution in [0.2, 0.25) is 0 Å². The van der Waals surface area contributed by atoms with Crippen LogP contribution in [0.3, 0.4) is 0 Å². The Morgan fingerprint density at radius 2 is 2.33 bits per heavy atom.